The first-order chi connectivity index (χ1) is 10.2. The molecule has 2 heterocycles. The number of ether oxygens (including phenoxy) is 2. The van der Waals surface area contributed by atoms with Gasteiger partial charge in [0.05, 0.1) is 16.1 Å². The van der Waals surface area contributed by atoms with Gasteiger partial charge in [0.15, 0.2) is 11.5 Å². The number of benzene rings is 2. The van der Waals surface area contributed by atoms with Gasteiger partial charge >= 0.3 is 0 Å². The zero-order valence-corrected chi connectivity index (χ0v) is 11.6. The van der Waals surface area contributed by atoms with E-state index in [9.17, 15) is 4.39 Å². The fourth-order valence-electron chi connectivity index (χ4n) is 2.33. The second-order valence-electron chi connectivity index (χ2n) is 4.73. The first kappa shape index (κ1) is 12.5. The van der Waals surface area contributed by atoms with Crippen molar-refractivity contribution in [1.82, 2.24) is 9.97 Å². The SMILES string of the molecule is Fc1ccc(-c2nc3cc4c(cc3[nH]2)OCCO4)cc1Cl. The third kappa shape index (κ3) is 2.10. The predicted octanol–water partition coefficient (Wildman–Crippen LogP) is 3.79. The maximum Gasteiger partial charge on any atom is 0.163 e. The molecule has 0 bridgehead atoms. The second-order valence-corrected chi connectivity index (χ2v) is 5.13. The molecule has 0 amide bonds. The van der Waals surface area contributed by atoms with Gasteiger partial charge in [0, 0.05) is 17.7 Å². The zero-order chi connectivity index (χ0) is 14.4. The van der Waals surface area contributed by atoms with Gasteiger partial charge in [-0.1, -0.05) is 11.6 Å². The van der Waals surface area contributed by atoms with Crippen LogP contribution in [0.2, 0.25) is 5.02 Å². The number of aromatic amines is 1. The first-order valence-electron chi connectivity index (χ1n) is 6.45. The van der Waals surface area contributed by atoms with Crippen molar-refractivity contribution in [2.45, 2.75) is 0 Å². The van der Waals surface area contributed by atoms with E-state index in [-0.39, 0.29) is 5.02 Å². The summed E-state index contributed by atoms with van der Waals surface area (Å²) in [4.78, 5) is 7.67. The molecule has 0 saturated carbocycles. The quantitative estimate of drug-likeness (QED) is 0.744. The van der Waals surface area contributed by atoms with Gasteiger partial charge in [-0.25, -0.2) is 9.37 Å². The van der Waals surface area contributed by atoms with Crippen molar-refractivity contribution in [3.8, 4) is 22.9 Å². The summed E-state index contributed by atoms with van der Waals surface area (Å²) in [5.74, 6) is 1.55. The number of halogens is 2. The molecular weight excluding hydrogens is 295 g/mol. The third-order valence-corrected chi connectivity index (χ3v) is 3.63. The standard InChI is InChI=1S/C15H10ClFN2O2/c16-9-5-8(1-2-10(9)17)15-18-11-6-13-14(7-12(11)19-15)21-4-3-20-13/h1-2,5-7H,3-4H2,(H,18,19). The van der Waals surface area contributed by atoms with Gasteiger partial charge in [-0.2, -0.15) is 0 Å². The van der Waals surface area contributed by atoms with Crippen molar-refractivity contribution in [3.63, 3.8) is 0 Å². The van der Waals surface area contributed by atoms with Crippen molar-refractivity contribution >= 4 is 22.6 Å². The number of hydrogen-bond donors (Lipinski definition) is 1. The average molecular weight is 305 g/mol. The molecule has 1 N–H and O–H groups in total. The normalized spacial score (nSPS) is 13.6. The van der Waals surface area contributed by atoms with E-state index in [0.717, 1.165) is 16.6 Å². The summed E-state index contributed by atoms with van der Waals surface area (Å²) in [5, 5.41) is 0.0684. The smallest absolute Gasteiger partial charge is 0.163 e. The number of imidazole rings is 1. The average Bonchev–Trinajstić information content (AvgIpc) is 2.90. The van der Waals surface area contributed by atoms with Crippen LogP contribution >= 0.6 is 11.6 Å². The Morgan fingerprint density at radius 2 is 1.86 bits per heavy atom. The largest absolute Gasteiger partial charge is 0.486 e. The van der Waals surface area contributed by atoms with Crippen molar-refractivity contribution < 1.29 is 13.9 Å². The minimum Gasteiger partial charge on any atom is -0.486 e. The number of H-pyrrole nitrogens is 1. The van der Waals surface area contributed by atoms with Crippen LogP contribution in [0.5, 0.6) is 11.5 Å². The molecule has 0 aliphatic carbocycles. The maximum atomic E-state index is 13.2. The molecular formula is C15H10ClFN2O2. The molecule has 0 saturated heterocycles. The highest BCUT2D eigenvalue weighted by Gasteiger charge is 2.15. The molecule has 3 aromatic rings. The van der Waals surface area contributed by atoms with Crippen LogP contribution in [0, 0.1) is 5.82 Å². The van der Waals surface area contributed by atoms with E-state index >= 15 is 0 Å². The lowest BCUT2D eigenvalue weighted by Crippen LogP contribution is -2.15. The third-order valence-electron chi connectivity index (χ3n) is 3.34. The van der Waals surface area contributed by atoms with Crippen molar-refractivity contribution in [1.29, 1.82) is 0 Å². The molecule has 2 aromatic carbocycles. The summed E-state index contributed by atoms with van der Waals surface area (Å²) < 4.78 is 24.3. The lowest BCUT2D eigenvalue weighted by Gasteiger charge is -2.17. The number of hydrogen-bond acceptors (Lipinski definition) is 3. The summed E-state index contributed by atoms with van der Waals surface area (Å²) in [6, 6.07) is 8.18. The highest BCUT2D eigenvalue weighted by Crippen LogP contribution is 2.35. The fraction of sp³-hybridized carbons (Fsp3) is 0.133. The Kier molecular flexibility index (Phi) is 2.75. The van der Waals surface area contributed by atoms with Gasteiger partial charge in [0.1, 0.15) is 24.9 Å². The molecule has 0 radical (unpaired) electrons. The summed E-state index contributed by atoms with van der Waals surface area (Å²) in [5.41, 5.74) is 2.31. The molecule has 0 fully saturated rings. The zero-order valence-electron chi connectivity index (χ0n) is 10.8. The first-order valence-corrected chi connectivity index (χ1v) is 6.83. The summed E-state index contributed by atoms with van der Waals surface area (Å²) in [6.45, 7) is 1.07. The summed E-state index contributed by atoms with van der Waals surface area (Å²) >= 11 is 5.81. The highest BCUT2D eigenvalue weighted by molar-refractivity contribution is 6.31. The Labute approximate surface area is 124 Å². The van der Waals surface area contributed by atoms with Crippen LogP contribution in [0.1, 0.15) is 0 Å². The second kappa shape index (κ2) is 4.63. The fourth-order valence-corrected chi connectivity index (χ4v) is 2.51. The molecule has 1 aromatic heterocycles. The molecule has 1 aliphatic heterocycles. The molecule has 21 heavy (non-hydrogen) atoms. The van der Waals surface area contributed by atoms with Crippen LogP contribution < -0.4 is 9.47 Å². The lowest BCUT2D eigenvalue weighted by atomic mass is 10.2. The van der Waals surface area contributed by atoms with E-state index in [0.29, 0.717) is 30.5 Å². The van der Waals surface area contributed by atoms with Crippen LogP contribution in [-0.2, 0) is 0 Å². The highest BCUT2D eigenvalue weighted by atomic mass is 35.5. The number of aromatic nitrogens is 2. The molecule has 106 valence electrons. The number of nitrogens with one attached hydrogen (secondary N) is 1. The van der Waals surface area contributed by atoms with E-state index in [2.05, 4.69) is 9.97 Å². The van der Waals surface area contributed by atoms with Gasteiger partial charge in [0.25, 0.3) is 0 Å². The number of nitrogens with zero attached hydrogens (tertiary/aromatic N) is 1. The number of rotatable bonds is 1. The van der Waals surface area contributed by atoms with E-state index in [1.807, 2.05) is 12.1 Å². The molecule has 0 atom stereocenters. The minimum absolute atomic E-state index is 0.0684. The molecule has 0 spiro atoms. The predicted molar refractivity (Wildman–Crippen MR) is 77.5 cm³/mol. The minimum atomic E-state index is -0.450. The van der Waals surface area contributed by atoms with E-state index in [1.54, 1.807) is 12.1 Å². The van der Waals surface area contributed by atoms with Crippen LogP contribution in [0.4, 0.5) is 4.39 Å². The molecule has 6 heteroatoms. The van der Waals surface area contributed by atoms with Crippen molar-refractivity contribution in [2.24, 2.45) is 0 Å². The Balaban J connectivity index is 1.84. The van der Waals surface area contributed by atoms with Crippen LogP contribution in [0.25, 0.3) is 22.4 Å². The van der Waals surface area contributed by atoms with Gasteiger partial charge in [-0.15, -0.1) is 0 Å². The molecule has 4 nitrogen and oxygen atoms in total. The van der Waals surface area contributed by atoms with Crippen molar-refractivity contribution in [2.75, 3.05) is 13.2 Å². The van der Waals surface area contributed by atoms with Crippen LogP contribution in [0.15, 0.2) is 30.3 Å². The van der Waals surface area contributed by atoms with E-state index < -0.39 is 5.82 Å². The lowest BCUT2D eigenvalue weighted by molar-refractivity contribution is 0.172. The topological polar surface area (TPSA) is 47.1 Å². The van der Waals surface area contributed by atoms with Gasteiger partial charge < -0.3 is 14.5 Å². The van der Waals surface area contributed by atoms with E-state index in [1.165, 1.54) is 6.07 Å². The van der Waals surface area contributed by atoms with Crippen molar-refractivity contribution in [3.05, 3.63) is 41.2 Å². The Morgan fingerprint density at radius 1 is 1.10 bits per heavy atom. The monoisotopic (exact) mass is 304 g/mol. The Morgan fingerprint density at radius 3 is 2.62 bits per heavy atom. The molecule has 0 unspecified atom stereocenters. The molecule has 4 rings (SSSR count). The summed E-state index contributed by atoms with van der Waals surface area (Å²) in [7, 11) is 0. The summed E-state index contributed by atoms with van der Waals surface area (Å²) in [6.07, 6.45) is 0. The maximum absolute atomic E-state index is 13.2. The van der Waals surface area contributed by atoms with Gasteiger partial charge in [-0.05, 0) is 18.2 Å². The molecule has 1 aliphatic rings. The van der Waals surface area contributed by atoms with Crippen LogP contribution in [0.3, 0.4) is 0 Å². The Hall–Kier alpha value is -2.27. The van der Waals surface area contributed by atoms with Gasteiger partial charge in [0.2, 0.25) is 0 Å². The number of fused-ring (bicyclic) bond motifs is 2. The van der Waals surface area contributed by atoms with Crippen LogP contribution in [-0.4, -0.2) is 23.2 Å². The Bertz CT molecular complexity index is 804. The van der Waals surface area contributed by atoms with E-state index in [4.69, 9.17) is 21.1 Å². The van der Waals surface area contributed by atoms with Gasteiger partial charge in [-0.3, -0.25) is 0 Å².